The molecule has 2 aliphatic heterocycles. The summed E-state index contributed by atoms with van der Waals surface area (Å²) >= 11 is 0. The van der Waals surface area contributed by atoms with Gasteiger partial charge in [-0.05, 0) is 37.3 Å². The average molecular weight is 526 g/mol. The van der Waals surface area contributed by atoms with Crippen LogP contribution in [0.25, 0.3) is 0 Å². The Morgan fingerprint density at radius 1 is 1.16 bits per heavy atom. The van der Waals surface area contributed by atoms with E-state index in [2.05, 4.69) is 25.2 Å². The molecule has 1 aromatic rings. The van der Waals surface area contributed by atoms with Crippen LogP contribution in [0.5, 0.6) is 0 Å². The number of benzene rings is 1. The number of rotatable bonds is 5. The van der Waals surface area contributed by atoms with Gasteiger partial charge >= 0.3 is 12.1 Å². The second kappa shape index (κ2) is 15.5. The number of halogens is 3. The molecule has 3 atom stereocenters. The molecule has 0 spiro atoms. The van der Waals surface area contributed by atoms with Crippen LogP contribution in [0, 0.1) is 17.2 Å². The van der Waals surface area contributed by atoms with E-state index in [1.807, 2.05) is 37.3 Å². The molecule has 2 fully saturated rings. The third-order valence-electron chi connectivity index (χ3n) is 5.46. The van der Waals surface area contributed by atoms with Gasteiger partial charge in [-0.3, -0.25) is 19.2 Å². The number of anilines is 1. The summed E-state index contributed by atoms with van der Waals surface area (Å²) in [4.78, 5) is 48.1. The smallest absolute Gasteiger partial charge is 0.339 e. The summed E-state index contributed by atoms with van der Waals surface area (Å²) < 4.78 is 36.5. The number of nitrogens with one attached hydrogen (secondary N) is 2. The summed E-state index contributed by atoms with van der Waals surface area (Å²) in [6.45, 7) is 6.00. The van der Waals surface area contributed by atoms with Gasteiger partial charge < -0.3 is 20.4 Å². The molecule has 2 aliphatic rings. The van der Waals surface area contributed by atoms with Gasteiger partial charge in [0.05, 0.1) is 12.6 Å². The van der Waals surface area contributed by atoms with E-state index in [9.17, 15) is 32.3 Å². The molecule has 0 bridgehead atoms. The van der Waals surface area contributed by atoms with Crippen LogP contribution >= 0.6 is 0 Å². The molecule has 2 heterocycles. The van der Waals surface area contributed by atoms with Gasteiger partial charge in [0.1, 0.15) is 12.1 Å². The van der Waals surface area contributed by atoms with Crippen molar-refractivity contribution < 1.29 is 32.3 Å². The molecule has 0 aromatic heterocycles. The summed E-state index contributed by atoms with van der Waals surface area (Å²) in [5.41, 5.74) is 0.826. The first-order chi connectivity index (χ1) is 17.5. The van der Waals surface area contributed by atoms with E-state index in [-0.39, 0.29) is 18.4 Å². The van der Waals surface area contributed by atoms with Crippen LogP contribution in [0.2, 0.25) is 0 Å². The van der Waals surface area contributed by atoms with E-state index < -0.39 is 36.6 Å². The number of likely N-dealkylation sites (tertiary alicyclic amines) is 2. The molecule has 1 aromatic carbocycles. The van der Waals surface area contributed by atoms with Gasteiger partial charge in [0.2, 0.25) is 18.2 Å². The maximum Gasteiger partial charge on any atom is 0.471 e. The molecule has 12 heteroatoms. The summed E-state index contributed by atoms with van der Waals surface area (Å²) in [5.74, 6) is -3.12. The number of amides is 4. The van der Waals surface area contributed by atoms with Crippen molar-refractivity contribution in [3.05, 3.63) is 30.3 Å². The van der Waals surface area contributed by atoms with Gasteiger partial charge in [-0.1, -0.05) is 45.4 Å². The van der Waals surface area contributed by atoms with Crippen LogP contribution in [0.1, 0.15) is 46.5 Å². The normalized spacial score (nSPS) is 20.4. The van der Waals surface area contributed by atoms with Crippen LogP contribution in [0.4, 0.5) is 18.9 Å². The lowest BCUT2D eigenvalue weighted by molar-refractivity contribution is -0.174. The summed E-state index contributed by atoms with van der Waals surface area (Å²) in [6, 6.07) is 10.0. The molecule has 0 saturated carbocycles. The maximum atomic E-state index is 12.7. The first-order valence-corrected chi connectivity index (χ1v) is 12.1. The third kappa shape index (κ3) is 10.1. The van der Waals surface area contributed by atoms with Crippen molar-refractivity contribution in [3.63, 3.8) is 0 Å². The Morgan fingerprint density at radius 2 is 1.78 bits per heavy atom. The van der Waals surface area contributed by atoms with Gasteiger partial charge in [-0.2, -0.15) is 18.4 Å². The Morgan fingerprint density at radius 3 is 2.32 bits per heavy atom. The van der Waals surface area contributed by atoms with E-state index in [4.69, 9.17) is 5.26 Å². The number of hydrogen-bond acceptors (Lipinski definition) is 5. The van der Waals surface area contributed by atoms with E-state index in [1.165, 1.54) is 21.5 Å². The SMILES string of the molecule is CC1CC(C#N)N(C(=O)C2CCCN2C(=O)CNC(=O)C(F)(F)F)C1.CCC.O=CNc1ccccc1. The molecule has 0 aliphatic carbocycles. The molecule has 204 valence electrons. The Kier molecular flexibility index (Phi) is 13.1. The average Bonchev–Trinajstić information content (AvgIpc) is 3.50. The van der Waals surface area contributed by atoms with Crippen molar-refractivity contribution in [2.75, 3.05) is 25.0 Å². The molecule has 9 nitrogen and oxygen atoms in total. The topological polar surface area (TPSA) is 123 Å². The van der Waals surface area contributed by atoms with Gasteiger partial charge in [-0.25, -0.2) is 0 Å². The van der Waals surface area contributed by atoms with Crippen molar-refractivity contribution in [2.45, 2.75) is 64.7 Å². The lowest BCUT2D eigenvalue weighted by Gasteiger charge is -2.29. The zero-order chi connectivity index (χ0) is 28.0. The number of nitrogens with zero attached hydrogens (tertiary/aromatic N) is 3. The lowest BCUT2D eigenvalue weighted by Crippen LogP contribution is -2.52. The molecule has 3 unspecified atom stereocenters. The largest absolute Gasteiger partial charge is 0.471 e. The summed E-state index contributed by atoms with van der Waals surface area (Å²) in [6.07, 6.45) is -1.66. The fraction of sp³-hybridized carbons (Fsp3) is 0.560. The number of hydrogen-bond donors (Lipinski definition) is 2. The fourth-order valence-electron chi connectivity index (χ4n) is 3.89. The Bertz CT molecular complexity index is 936. The number of nitriles is 1. The maximum absolute atomic E-state index is 12.7. The predicted octanol–water partition coefficient (Wildman–Crippen LogP) is 3.09. The highest BCUT2D eigenvalue weighted by Crippen LogP contribution is 2.27. The zero-order valence-corrected chi connectivity index (χ0v) is 21.3. The van der Waals surface area contributed by atoms with Gasteiger partial charge in [0.15, 0.2) is 0 Å². The minimum atomic E-state index is -5.06. The van der Waals surface area contributed by atoms with Gasteiger partial charge in [0, 0.05) is 18.8 Å². The van der Waals surface area contributed by atoms with Crippen LogP contribution in [0.15, 0.2) is 30.3 Å². The van der Waals surface area contributed by atoms with Crippen molar-refractivity contribution >= 4 is 29.8 Å². The summed E-state index contributed by atoms with van der Waals surface area (Å²) in [5, 5.41) is 13.2. The second-order valence-electron chi connectivity index (χ2n) is 8.74. The number of carbonyl (C=O) groups excluding carboxylic acids is 4. The van der Waals surface area contributed by atoms with Crippen molar-refractivity contribution in [1.29, 1.82) is 5.26 Å². The molecule has 37 heavy (non-hydrogen) atoms. The molecule has 2 saturated heterocycles. The van der Waals surface area contributed by atoms with Crippen molar-refractivity contribution in [1.82, 2.24) is 15.1 Å². The third-order valence-corrected chi connectivity index (χ3v) is 5.46. The lowest BCUT2D eigenvalue weighted by atomic mass is 10.1. The zero-order valence-electron chi connectivity index (χ0n) is 21.3. The molecule has 4 amide bonds. The summed E-state index contributed by atoms with van der Waals surface area (Å²) in [7, 11) is 0. The van der Waals surface area contributed by atoms with E-state index in [1.54, 1.807) is 0 Å². The first-order valence-electron chi connectivity index (χ1n) is 12.1. The quantitative estimate of drug-likeness (QED) is 0.572. The highest BCUT2D eigenvalue weighted by Gasteiger charge is 2.43. The number of alkyl halides is 3. The van der Waals surface area contributed by atoms with Crippen LogP contribution in [0.3, 0.4) is 0 Å². The fourth-order valence-corrected chi connectivity index (χ4v) is 3.89. The molecule has 2 N–H and O–H groups in total. The highest BCUT2D eigenvalue weighted by atomic mass is 19.4. The van der Waals surface area contributed by atoms with Crippen LogP contribution in [-0.4, -0.2) is 71.8 Å². The standard InChI is InChI=1S/C15H19F3N4O3.C7H7NO.C3H8/c1-9-5-10(6-19)22(8-9)13(24)11-3-2-4-21(11)12(23)7-20-14(25)15(16,17)18;9-6-8-7-4-2-1-3-5-7;1-3-2/h9-11H,2-5,7-8H2,1H3,(H,20,25);1-6H,(H,8,9);3H2,1-2H3. The van der Waals surface area contributed by atoms with E-state index in [0.29, 0.717) is 32.2 Å². The molecular weight excluding hydrogens is 491 g/mol. The molecule has 3 rings (SSSR count). The predicted molar refractivity (Wildman–Crippen MR) is 131 cm³/mol. The monoisotopic (exact) mass is 525 g/mol. The number of para-hydroxylation sites is 1. The minimum absolute atomic E-state index is 0.172. The Labute approximate surface area is 215 Å². The minimum Gasteiger partial charge on any atom is -0.339 e. The van der Waals surface area contributed by atoms with E-state index in [0.717, 1.165) is 5.69 Å². The molecular formula is C25H34F3N5O4. The Balaban J connectivity index is 0.000000471. The van der Waals surface area contributed by atoms with Gasteiger partial charge in [-0.15, -0.1) is 0 Å². The number of carbonyl (C=O) groups is 4. The van der Waals surface area contributed by atoms with Crippen molar-refractivity contribution in [3.8, 4) is 6.07 Å². The Hall–Kier alpha value is -3.62. The van der Waals surface area contributed by atoms with Crippen LogP contribution < -0.4 is 10.6 Å². The molecule has 0 radical (unpaired) electrons. The van der Waals surface area contributed by atoms with Crippen molar-refractivity contribution in [2.24, 2.45) is 5.92 Å². The van der Waals surface area contributed by atoms with Gasteiger partial charge in [0.25, 0.3) is 0 Å². The second-order valence-corrected chi connectivity index (χ2v) is 8.74. The first kappa shape index (κ1) is 31.4. The van der Waals surface area contributed by atoms with E-state index >= 15 is 0 Å². The van der Waals surface area contributed by atoms with Crippen LogP contribution in [-0.2, 0) is 19.2 Å². The highest BCUT2D eigenvalue weighted by molar-refractivity contribution is 5.91.